The number of halogens is 1. The van der Waals surface area contributed by atoms with Gasteiger partial charge in [-0.05, 0) is 61.6 Å². The predicted molar refractivity (Wildman–Crippen MR) is 110 cm³/mol. The van der Waals surface area contributed by atoms with Crippen LogP contribution < -0.4 is 14.8 Å². The zero-order valence-corrected chi connectivity index (χ0v) is 16.5. The fraction of sp³-hybridized carbons (Fsp3) is 0.435. The third kappa shape index (κ3) is 5.26. The molecule has 2 aliphatic rings. The molecule has 2 heterocycles. The lowest BCUT2D eigenvalue weighted by atomic mass is 9.93. The highest BCUT2D eigenvalue weighted by Gasteiger charge is 2.22. The van der Waals surface area contributed by atoms with E-state index in [9.17, 15) is 9.18 Å². The van der Waals surface area contributed by atoms with Crippen molar-refractivity contribution in [1.29, 1.82) is 0 Å². The third-order valence-corrected chi connectivity index (χ3v) is 5.54. The zero-order valence-electron chi connectivity index (χ0n) is 16.5. The van der Waals surface area contributed by atoms with E-state index in [0.717, 1.165) is 50.4 Å². The topological polar surface area (TPSA) is 50.8 Å². The summed E-state index contributed by atoms with van der Waals surface area (Å²) in [6.07, 6.45) is 3.49. The Morgan fingerprint density at radius 1 is 1.14 bits per heavy atom. The molecule has 1 N–H and O–H groups in total. The van der Waals surface area contributed by atoms with Crippen LogP contribution in [-0.4, -0.2) is 37.1 Å². The molecule has 1 fully saturated rings. The molecule has 29 heavy (non-hydrogen) atoms. The molecule has 1 amide bonds. The van der Waals surface area contributed by atoms with Crippen molar-refractivity contribution in [3.05, 3.63) is 53.8 Å². The lowest BCUT2D eigenvalue weighted by Gasteiger charge is -2.33. The van der Waals surface area contributed by atoms with Gasteiger partial charge in [0.1, 0.15) is 19.0 Å². The van der Waals surface area contributed by atoms with Crippen LogP contribution in [0.1, 0.15) is 31.2 Å². The van der Waals surface area contributed by atoms with E-state index >= 15 is 0 Å². The summed E-state index contributed by atoms with van der Waals surface area (Å²) in [6.45, 7) is 4.10. The normalized spacial score (nSPS) is 19.0. The van der Waals surface area contributed by atoms with Crippen molar-refractivity contribution in [2.24, 2.45) is 5.92 Å². The molecule has 0 saturated carbocycles. The first-order valence-corrected chi connectivity index (χ1v) is 10.3. The Hall–Kier alpha value is -2.60. The van der Waals surface area contributed by atoms with E-state index in [1.54, 1.807) is 18.2 Å². The Morgan fingerprint density at radius 2 is 1.97 bits per heavy atom. The number of hydrogen-bond donors (Lipinski definition) is 1. The summed E-state index contributed by atoms with van der Waals surface area (Å²) in [6, 6.07) is 12.4. The van der Waals surface area contributed by atoms with Gasteiger partial charge in [0, 0.05) is 19.5 Å². The van der Waals surface area contributed by atoms with Gasteiger partial charge in [-0.1, -0.05) is 18.2 Å². The van der Waals surface area contributed by atoms with Crippen molar-refractivity contribution in [2.45, 2.75) is 32.2 Å². The molecule has 0 aliphatic carbocycles. The minimum Gasteiger partial charge on any atom is -0.486 e. The molecule has 2 aromatic rings. The summed E-state index contributed by atoms with van der Waals surface area (Å²) in [7, 11) is 0. The molecule has 1 atom stereocenters. The van der Waals surface area contributed by atoms with Crippen molar-refractivity contribution >= 4 is 11.6 Å². The van der Waals surface area contributed by atoms with Gasteiger partial charge in [-0.25, -0.2) is 4.39 Å². The van der Waals surface area contributed by atoms with Gasteiger partial charge in [0.25, 0.3) is 0 Å². The van der Waals surface area contributed by atoms with E-state index in [1.165, 1.54) is 11.6 Å². The molecule has 1 unspecified atom stereocenters. The number of rotatable bonds is 6. The molecule has 5 nitrogen and oxygen atoms in total. The second-order valence-corrected chi connectivity index (χ2v) is 7.79. The van der Waals surface area contributed by atoms with Crippen LogP contribution in [0.5, 0.6) is 11.5 Å². The lowest BCUT2D eigenvalue weighted by Crippen LogP contribution is -2.35. The molecule has 4 rings (SSSR count). The van der Waals surface area contributed by atoms with Gasteiger partial charge in [-0.3, -0.25) is 9.69 Å². The van der Waals surface area contributed by atoms with E-state index < -0.39 is 5.82 Å². The third-order valence-electron chi connectivity index (χ3n) is 5.54. The fourth-order valence-electron chi connectivity index (χ4n) is 4.09. The largest absolute Gasteiger partial charge is 0.486 e. The number of para-hydroxylation sites is 1. The Kier molecular flexibility index (Phi) is 6.30. The monoisotopic (exact) mass is 398 g/mol. The van der Waals surface area contributed by atoms with Crippen LogP contribution >= 0.6 is 0 Å². The molecule has 0 aromatic heterocycles. The Bertz CT molecular complexity index is 858. The van der Waals surface area contributed by atoms with E-state index in [2.05, 4.69) is 22.3 Å². The number of nitrogens with zero attached hydrogens (tertiary/aromatic N) is 1. The minimum absolute atomic E-state index is 0.126. The lowest BCUT2D eigenvalue weighted by molar-refractivity contribution is -0.116. The summed E-state index contributed by atoms with van der Waals surface area (Å²) in [5.74, 6) is 1.60. The highest BCUT2D eigenvalue weighted by molar-refractivity contribution is 5.90. The summed E-state index contributed by atoms with van der Waals surface area (Å²) < 4.78 is 24.9. The quantitative estimate of drug-likeness (QED) is 0.791. The van der Waals surface area contributed by atoms with E-state index in [0.29, 0.717) is 25.6 Å². The van der Waals surface area contributed by atoms with E-state index in [4.69, 9.17) is 9.47 Å². The summed E-state index contributed by atoms with van der Waals surface area (Å²) in [5.41, 5.74) is 1.47. The standard InChI is InChI=1S/C23H27FN2O3/c24-19-5-1-2-6-20(19)25-23(27)10-8-17-4-3-11-26(15-17)16-18-7-9-21-22(14-18)29-13-12-28-21/h1-2,5-7,9,14,17H,3-4,8,10-13,15-16H2,(H,25,27). The maximum absolute atomic E-state index is 13.7. The first-order valence-electron chi connectivity index (χ1n) is 10.3. The molecular weight excluding hydrogens is 371 g/mol. The number of fused-ring (bicyclic) bond motifs is 1. The predicted octanol–water partition coefficient (Wildman–Crippen LogP) is 4.23. The van der Waals surface area contributed by atoms with Gasteiger partial charge in [0.15, 0.2) is 11.5 Å². The number of amides is 1. The van der Waals surface area contributed by atoms with Crippen LogP contribution in [0.15, 0.2) is 42.5 Å². The summed E-state index contributed by atoms with van der Waals surface area (Å²) >= 11 is 0. The molecule has 154 valence electrons. The maximum Gasteiger partial charge on any atom is 0.224 e. The number of carbonyl (C=O) groups excluding carboxylic acids is 1. The van der Waals surface area contributed by atoms with Crippen LogP contribution in [0.25, 0.3) is 0 Å². The van der Waals surface area contributed by atoms with Gasteiger partial charge < -0.3 is 14.8 Å². The van der Waals surface area contributed by atoms with E-state index in [-0.39, 0.29) is 11.6 Å². The molecule has 0 bridgehead atoms. The number of ether oxygens (including phenoxy) is 2. The SMILES string of the molecule is O=C(CCC1CCCN(Cc2ccc3c(c2)OCCO3)C1)Nc1ccccc1F. The molecular formula is C23H27FN2O3. The summed E-state index contributed by atoms with van der Waals surface area (Å²) in [4.78, 5) is 14.6. The fourth-order valence-corrected chi connectivity index (χ4v) is 4.09. The highest BCUT2D eigenvalue weighted by atomic mass is 19.1. The molecule has 1 saturated heterocycles. The number of piperidine rings is 1. The van der Waals surface area contributed by atoms with Crippen LogP contribution in [0, 0.1) is 11.7 Å². The van der Waals surface area contributed by atoms with Gasteiger partial charge in [0.2, 0.25) is 5.91 Å². The molecule has 6 heteroatoms. The van der Waals surface area contributed by atoms with Crippen molar-refractivity contribution in [2.75, 3.05) is 31.6 Å². The second kappa shape index (κ2) is 9.27. The van der Waals surface area contributed by atoms with Crippen molar-refractivity contribution < 1.29 is 18.7 Å². The number of likely N-dealkylation sites (tertiary alicyclic amines) is 1. The van der Waals surface area contributed by atoms with Crippen LogP contribution in [0.2, 0.25) is 0 Å². The number of anilines is 1. The Labute approximate surface area is 170 Å². The molecule has 0 radical (unpaired) electrons. The number of nitrogens with one attached hydrogen (secondary N) is 1. The molecule has 2 aliphatic heterocycles. The van der Waals surface area contributed by atoms with Crippen molar-refractivity contribution in [3.8, 4) is 11.5 Å². The second-order valence-electron chi connectivity index (χ2n) is 7.79. The van der Waals surface area contributed by atoms with Gasteiger partial charge in [0.05, 0.1) is 5.69 Å². The highest BCUT2D eigenvalue weighted by Crippen LogP contribution is 2.32. The van der Waals surface area contributed by atoms with E-state index in [1.807, 2.05) is 6.07 Å². The maximum atomic E-state index is 13.7. The number of hydrogen-bond acceptors (Lipinski definition) is 4. The van der Waals surface area contributed by atoms with Gasteiger partial charge in [-0.15, -0.1) is 0 Å². The van der Waals surface area contributed by atoms with Crippen LogP contribution in [0.4, 0.5) is 10.1 Å². The van der Waals surface area contributed by atoms with Crippen LogP contribution in [0.3, 0.4) is 0 Å². The smallest absolute Gasteiger partial charge is 0.224 e. The Morgan fingerprint density at radius 3 is 2.83 bits per heavy atom. The first-order chi connectivity index (χ1) is 14.2. The average molecular weight is 398 g/mol. The number of carbonyl (C=O) groups is 1. The average Bonchev–Trinajstić information content (AvgIpc) is 2.74. The molecule has 2 aromatic carbocycles. The first kappa shape index (κ1) is 19.7. The number of benzene rings is 2. The van der Waals surface area contributed by atoms with Gasteiger partial charge in [-0.2, -0.15) is 0 Å². The molecule has 0 spiro atoms. The summed E-state index contributed by atoms with van der Waals surface area (Å²) in [5, 5.41) is 2.68. The van der Waals surface area contributed by atoms with Crippen molar-refractivity contribution in [3.63, 3.8) is 0 Å². The van der Waals surface area contributed by atoms with Crippen molar-refractivity contribution in [1.82, 2.24) is 4.90 Å². The minimum atomic E-state index is -0.399. The van der Waals surface area contributed by atoms with Crippen LogP contribution in [-0.2, 0) is 11.3 Å². The van der Waals surface area contributed by atoms with Gasteiger partial charge >= 0.3 is 0 Å². The Balaban J connectivity index is 1.26. The zero-order chi connectivity index (χ0) is 20.1.